The molecule has 0 saturated carbocycles. The van der Waals surface area contributed by atoms with Crippen molar-refractivity contribution in [1.29, 1.82) is 0 Å². The molecule has 1 aliphatic rings. The summed E-state index contributed by atoms with van der Waals surface area (Å²) in [6, 6.07) is -0.252. The van der Waals surface area contributed by atoms with Crippen LogP contribution in [0.5, 0.6) is 0 Å². The SMILES string of the molecule is Cc1ncc(C(C(=O)N2CCCC2C=O)C(C)C)[nH]1. The van der Waals surface area contributed by atoms with E-state index in [-0.39, 0.29) is 23.8 Å². The quantitative estimate of drug-likeness (QED) is 0.840. The summed E-state index contributed by atoms with van der Waals surface area (Å²) >= 11 is 0. The molecule has 5 nitrogen and oxygen atoms in total. The Morgan fingerprint density at radius 2 is 2.32 bits per heavy atom. The molecular weight excluding hydrogens is 242 g/mol. The second-order valence-electron chi connectivity index (χ2n) is 5.52. The van der Waals surface area contributed by atoms with Crippen molar-refractivity contribution >= 4 is 12.2 Å². The average molecular weight is 263 g/mol. The van der Waals surface area contributed by atoms with Crippen molar-refractivity contribution in [2.45, 2.75) is 45.6 Å². The van der Waals surface area contributed by atoms with Gasteiger partial charge < -0.3 is 14.7 Å². The van der Waals surface area contributed by atoms with Gasteiger partial charge in [0, 0.05) is 18.4 Å². The number of nitrogens with one attached hydrogen (secondary N) is 1. The van der Waals surface area contributed by atoms with Gasteiger partial charge in [0.15, 0.2) is 0 Å². The number of aryl methyl sites for hydroxylation is 1. The van der Waals surface area contributed by atoms with Gasteiger partial charge in [-0.1, -0.05) is 13.8 Å². The summed E-state index contributed by atoms with van der Waals surface area (Å²) in [4.78, 5) is 32.8. The maximum absolute atomic E-state index is 12.7. The predicted molar refractivity (Wildman–Crippen MR) is 71.7 cm³/mol. The monoisotopic (exact) mass is 263 g/mol. The normalized spacial score (nSPS) is 20.8. The minimum Gasteiger partial charge on any atom is -0.345 e. The van der Waals surface area contributed by atoms with Crippen LogP contribution < -0.4 is 0 Å². The van der Waals surface area contributed by atoms with Crippen LogP contribution >= 0.6 is 0 Å². The number of amides is 1. The first-order chi connectivity index (χ1) is 9.04. The lowest BCUT2D eigenvalue weighted by molar-refractivity contribution is -0.137. The zero-order valence-corrected chi connectivity index (χ0v) is 11.7. The van der Waals surface area contributed by atoms with Crippen LogP contribution in [0, 0.1) is 12.8 Å². The second kappa shape index (κ2) is 5.55. The van der Waals surface area contributed by atoms with Crippen molar-refractivity contribution in [3.63, 3.8) is 0 Å². The van der Waals surface area contributed by atoms with Crippen molar-refractivity contribution in [3.05, 3.63) is 17.7 Å². The maximum atomic E-state index is 12.7. The molecule has 1 fully saturated rings. The number of likely N-dealkylation sites (tertiary alicyclic amines) is 1. The predicted octanol–water partition coefficient (Wildman–Crippen LogP) is 1.65. The highest BCUT2D eigenvalue weighted by Gasteiger charge is 2.35. The molecule has 0 aliphatic carbocycles. The van der Waals surface area contributed by atoms with Gasteiger partial charge in [-0.05, 0) is 25.7 Å². The van der Waals surface area contributed by atoms with Gasteiger partial charge in [0.05, 0.1) is 12.0 Å². The number of imidazole rings is 1. The number of rotatable bonds is 4. The van der Waals surface area contributed by atoms with E-state index in [0.29, 0.717) is 6.54 Å². The molecule has 5 heteroatoms. The van der Waals surface area contributed by atoms with E-state index in [0.717, 1.165) is 30.6 Å². The minimum atomic E-state index is -0.252. The first-order valence-electron chi connectivity index (χ1n) is 6.82. The highest BCUT2D eigenvalue weighted by molar-refractivity contribution is 5.86. The summed E-state index contributed by atoms with van der Waals surface area (Å²) in [6.45, 7) is 6.59. The number of nitrogens with zero attached hydrogens (tertiary/aromatic N) is 2. The number of carbonyl (C=O) groups excluding carboxylic acids is 2. The molecule has 1 amide bonds. The van der Waals surface area contributed by atoms with Gasteiger partial charge in [0.1, 0.15) is 12.1 Å². The maximum Gasteiger partial charge on any atom is 0.232 e. The van der Waals surface area contributed by atoms with E-state index < -0.39 is 0 Å². The van der Waals surface area contributed by atoms with Gasteiger partial charge in [-0.25, -0.2) is 4.98 Å². The molecular formula is C14H21N3O2. The number of hydrogen-bond donors (Lipinski definition) is 1. The lowest BCUT2D eigenvalue weighted by atomic mass is 9.91. The number of aromatic amines is 1. The molecule has 0 aromatic carbocycles. The van der Waals surface area contributed by atoms with Gasteiger partial charge >= 0.3 is 0 Å². The Bertz CT molecular complexity index is 467. The zero-order chi connectivity index (χ0) is 14.0. The van der Waals surface area contributed by atoms with E-state index in [1.807, 2.05) is 20.8 Å². The molecule has 1 aromatic heterocycles. The molecule has 2 atom stereocenters. The van der Waals surface area contributed by atoms with E-state index in [1.54, 1.807) is 11.1 Å². The molecule has 104 valence electrons. The molecule has 0 bridgehead atoms. The topological polar surface area (TPSA) is 66.1 Å². The number of carbonyl (C=O) groups is 2. The molecule has 1 N–H and O–H groups in total. The van der Waals surface area contributed by atoms with Crippen molar-refractivity contribution in [3.8, 4) is 0 Å². The van der Waals surface area contributed by atoms with E-state index in [4.69, 9.17) is 0 Å². The van der Waals surface area contributed by atoms with Crippen LogP contribution in [0.3, 0.4) is 0 Å². The fraction of sp³-hybridized carbons (Fsp3) is 0.643. The van der Waals surface area contributed by atoms with Gasteiger partial charge in [0.2, 0.25) is 5.91 Å². The van der Waals surface area contributed by atoms with Gasteiger partial charge in [0.25, 0.3) is 0 Å². The summed E-state index contributed by atoms with van der Waals surface area (Å²) in [5.74, 6) is 0.761. The largest absolute Gasteiger partial charge is 0.345 e. The number of aldehydes is 1. The lowest BCUT2D eigenvalue weighted by Crippen LogP contribution is -2.41. The molecule has 1 aliphatic heterocycles. The van der Waals surface area contributed by atoms with Crippen LogP contribution in [0.1, 0.15) is 44.1 Å². The van der Waals surface area contributed by atoms with Crippen LogP contribution in [0.4, 0.5) is 0 Å². The summed E-state index contributed by atoms with van der Waals surface area (Å²) in [5, 5.41) is 0. The van der Waals surface area contributed by atoms with Crippen molar-refractivity contribution < 1.29 is 9.59 Å². The van der Waals surface area contributed by atoms with Crippen molar-refractivity contribution in [2.24, 2.45) is 5.92 Å². The number of hydrogen-bond acceptors (Lipinski definition) is 3. The summed E-state index contributed by atoms with van der Waals surface area (Å²) in [5.41, 5.74) is 0.842. The Hall–Kier alpha value is -1.65. The molecule has 19 heavy (non-hydrogen) atoms. The standard InChI is InChI=1S/C14H21N3O2/c1-9(2)13(12-7-15-10(3)16-12)14(19)17-6-4-5-11(17)8-18/h7-9,11,13H,4-6H2,1-3H3,(H,15,16). The summed E-state index contributed by atoms with van der Waals surface area (Å²) in [7, 11) is 0. The fourth-order valence-corrected chi connectivity index (χ4v) is 2.76. The van der Waals surface area contributed by atoms with Gasteiger partial charge in [-0.2, -0.15) is 0 Å². The van der Waals surface area contributed by atoms with Gasteiger partial charge in [-0.15, -0.1) is 0 Å². The minimum absolute atomic E-state index is 0.0354. The highest BCUT2D eigenvalue weighted by Crippen LogP contribution is 2.28. The van der Waals surface area contributed by atoms with Gasteiger partial charge in [-0.3, -0.25) is 4.79 Å². The molecule has 2 unspecified atom stereocenters. The third kappa shape index (κ3) is 2.69. The molecule has 1 aromatic rings. The smallest absolute Gasteiger partial charge is 0.232 e. The molecule has 1 saturated heterocycles. The summed E-state index contributed by atoms with van der Waals surface area (Å²) < 4.78 is 0. The fourth-order valence-electron chi connectivity index (χ4n) is 2.76. The van der Waals surface area contributed by atoms with Crippen LogP contribution in [-0.4, -0.2) is 39.6 Å². The van der Waals surface area contributed by atoms with E-state index in [2.05, 4.69) is 9.97 Å². The Morgan fingerprint density at radius 1 is 1.58 bits per heavy atom. The molecule has 2 rings (SSSR count). The van der Waals surface area contributed by atoms with Crippen LogP contribution in [0.25, 0.3) is 0 Å². The Kier molecular flexibility index (Phi) is 4.02. The third-order valence-corrected chi connectivity index (χ3v) is 3.73. The van der Waals surface area contributed by atoms with Crippen LogP contribution in [0.2, 0.25) is 0 Å². The molecule has 2 heterocycles. The number of aromatic nitrogens is 2. The number of H-pyrrole nitrogens is 1. The second-order valence-corrected chi connectivity index (χ2v) is 5.52. The van der Waals surface area contributed by atoms with Crippen molar-refractivity contribution in [1.82, 2.24) is 14.9 Å². The van der Waals surface area contributed by atoms with Crippen molar-refractivity contribution in [2.75, 3.05) is 6.54 Å². The molecule has 0 spiro atoms. The van der Waals surface area contributed by atoms with Crippen LogP contribution in [0.15, 0.2) is 6.20 Å². The van der Waals surface area contributed by atoms with E-state index >= 15 is 0 Å². The lowest BCUT2D eigenvalue weighted by Gasteiger charge is -2.27. The Balaban J connectivity index is 2.24. The first kappa shape index (κ1) is 13.8. The summed E-state index contributed by atoms with van der Waals surface area (Å²) in [6.07, 6.45) is 4.30. The van der Waals surface area contributed by atoms with Crippen LogP contribution in [-0.2, 0) is 9.59 Å². The molecule has 0 radical (unpaired) electrons. The Labute approximate surface area is 113 Å². The van der Waals surface area contributed by atoms with E-state index in [1.165, 1.54) is 0 Å². The average Bonchev–Trinajstić information content (AvgIpc) is 2.97. The Morgan fingerprint density at radius 3 is 2.84 bits per heavy atom. The highest BCUT2D eigenvalue weighted by atomic mass is 16.2. The zero-order valence-electron chi connectivity index (χ0n) is 11.7. The first-order valence-corrected chi connectivity index (χ1v) is 6.82. The van der Waals surface area contributed by atoms with E-state index in [9.17, 15) is 9.59 Å². The third-order valence-electron chi connectivity index (χ3n) is 3.73.